The Morgan fingerprint density at radius 2 is 1.82 bits per heavy atom. The second kappa shape index (κ2) is 3.86. The second-order valence-corrected chi connectivity index (χ2v) is 2.22. The Morgan fingerprint density at radius 3 is 2.27 bits per heavy atom. The van der Waals surface area contributed by atoms with Crippen LogP contribution < -0.4 is 17.2 Å². The molecular weight excluding hydrogens is 363 g/mol. The van der Waals surface area contributed by atoms with Crippen LogP contribution in [0.2, 0.25) is 0 Å². The molecule has 0 aromatic heterocycles. The molecule has 6 N–H and O–H groups in total. The van der Waals surface area contributed by atoms with Crippen LogP contribution in [0.25, 0.3) is 0 Å². The predicted octanol–water partition coefficient (Wildman–Crippen LogP) is 0.542. The number of anilines is 3. The maximum absolute atomic E-state index is 5.54. The van der Waals surface area contributed by atoms with E-state index in [1.54, 1.807) is 6.07 Å². The van der Waals surface area contributed by atoms with Gasteiger partial charge in [-0.3, -0.25) is 0 Å². The van der Waals surface area contributed by atoms with Gasteiger partial charge in [0.15, 0.2) is 0 Å². The Morgan fingerprint density at radius 1 is 1.27 bits per heavy atom. The molecular formula is C7H10N3Np-. The maximum atomic E-state index is 5.54. The van der Waals surface area contributed by atoms with Crippen LogP contribution in [0.1, 0.15) is 5.56 Å². The van der Waals surface area contributed by atoms with E-state index in [0.717, 1.165) is 5.56 Å². The van der Waals surface area contributed by atoms with Crippen molar-refractivity contribution in [1.82, 2.24) is 0 Å². The molecule has 1 aromatic rings. The normalized spacial score (nSPS) is 8.82. The van der Waals surface area contributed by atoms with Gasteiger partial charge in [-0.05, 0) is 0 Å². The van der Waals surface area contributed by atoms with Crippen molar-refractivity contribution in [2.24, 2.45) is 0 Å². The van der Waals surface area contributed by atoms with E-state index in [-0.39, 0.29) is 29.9 Å². The van der Waals surface area contributed by atoms with Crippen LogP contribution in [0.5, 0.6) is 0 Å². The average molecular weight is 373 g/mol. The molecule has 0 saturated heterocycles. The SMILES string of the molecule is Cc1[c-]c(N)cc(N)c1N.[Np]. The standard InChI is InChI=1S/C7H10N3.Np/c1-4-2-5(8)3-6(9)7(4)10;/h3H,8-10H2,1H3;/q-1;. The average Bonchev–Trinajstić information content (AvgIpc) is 1.82. The van der Waals surface area contributed by atoms with Crippen LogP contribution in [0.3, 0.4) is 0 Å². The minimum absolute atomic E-state index is 0. The molecule has 0 aliphatic carbocycles. The van der Waals surface area contributed by atoms with E-state index in [9.17, 15) is 0 Å². The molecule has 0 unspecified atom stereocenters. The van der Waals surface area contributed by atoms with E-state index in [1.807, 2.05) is 6.92 Å². The van der Waals surface area contributed by atoms with Gasteiger partial charge in [0, 0.05) is 29.9 Å². The van der Waals surface area contributed by atoms with Crippen LogP contribution in [-0.2, 0) is 0 Å². The van der Waals surface area contributed by atoms with Gasteiger partial charge >= 0.3 is 0 Å². The first-order chi connectivity index (χ1) is 4.61. The molecule has 0 fully saturated rings. The van der Waals surface area contributed by atoms with Crippen LogP contribution in [0, 0.1) is 42.9 Å². The summed E-state index contributed by atoms with van der Waals surface area (Å²) in [6.07, 6.45) is 0. The largest absolute Gasteiger partial charge is 0.448 e. The molecule has 1 aromatic carbocycles. The molecule has 0 saturated carbocycles. The number of hydrogen-bond donors (Lipinski definition) is 3. The molecule has 0 heterocycles. The van der Waals surface area contributed by atoms with E-state index in [1.165, 1.54) is 0 Å². The maximum Gasteiger partial charge on any atom is 0 e. The quantitative estimate of drug-likeness (QED) is 0.459. The predicted molar refractivity (Wildman–Crippen MR) is 43.3 cm³/mol. The first kappa shape index (κ1) is 10.6. The van der Waals surface area contributed by atoms with Crippen molar-refractivity contribution in [2.75, 3.05) is 17.2 Å². The van der Waals surface area contributed by atoms with E-state index in [0.29, 0.717) is 17.1 Å². The zero-order valence-electron chi connectivity index (χ0n) is 6.26. The van der Waals surface area contributed by atoms with Crippen molar-refractivity contribution in [3.63, 3.8) is 0 Å². The second-order valence-electron chi connectivity index (χ2n) is 2.22. The molecule has 0 spiro atoms. The third kappa shape index (κ3) is 2.30. The summed E-state index contributed by atoms with van der Waals surface area (Å²) in [5.41, 5.74) is 18.9. The minimum Gasteiger partial charge on any atom is -0.448 e. The Hall–Kier alpha value is -0.367. The summed E-state index contributed by atoms with van der Waals surface area (Å²) < 4.78 is 0. The van der Waals surface area contributed by atoms with Gasteiger partial charge in [-0.25, -0.2) is 0 Å². The van der Waals surface area contributed by atoms with E-state index in [2.05, 4.69) is 6.07 Å². The number of hydrogen-bond acceptors (Lipinski definition) is 3. The molecule has 0 bridgehead atoms. The van der Waals surface area contributed by atoms with E-state index >= 15 is 0 Å². The molecule has 0 atom stereocenters. The summed E-state index contributed by atoms with van der Waals surface area (Å²) in [5.74, 6) is 0. The van der Waals surface area contributed by atoms with Gasteiger partial charge in [-0.2, -0.15) is 6.07 Å². The fourth-order valence-electron chi connectivity index (χ4n) is 0.782. The molecule has 11 heavy (non-hydrogen) atoms. The molecule has 1 rings (SSSR count). The fraction of sp³-hybridized carbons (Fsp3) is 0.143. The molecule has 0 aliphatic rings. The zero-order chi connectivity index (χ0) is 7.72. The van der Waals surface area contributed by atoms with Gasteiger partial charge in [-0.1, -0.05) is 24.0 Å². The van der Waals surface area contributed by atoms with Crippen molar-refractivity contribution in [3.05, 3.63) is 17.7 Å². The summed E-state index contributed by atoms with van der Waals surface area (Å²) in [6, 6.07) is 4.45. The van der Waals surface area contributed by atoms with Crippen molar-refractivity contribution in [1.29, 1.82) is 0 Å². The van der Waals surface area contributed by atoms with Crippen molar-refractivity contribution >= 4 is 17.1 Å². The third-order valence-corrected chi connectivity index (χ3v) is 1.36. The monoisotopic (exact) mass is 372 g/mol. The summed E-state index contributed by atoms with van der Waals surface area (Å²) in [7, 11) is 0. The first-order valence-electron chi connectivity index (χ1n) is 2.94. The summed E-state index contributed by atoms with van der Waals surface area (Å²) in [6.45, 7) is 1.82. The van der Waals surface area contributed by atoms with Crippen LogP contribution in [0.4, 0.5) is 17.1 Å². The number of nitrogens with two attached hydrogens (primary N) is 3. The summed E-state index contributed by atoms with van der Waals surface area (Å²) in [4.78, 5) is 0. The zero-order valence-corrected chi connectivity index (χ0v) is 9.98. The van der Waals surface area contributed by atoms with Gasteiger partial charge in [0.2, 0.25) is 0 Å². The van der Waals surface area contributed by atoms with Gasteiger partial charge in [0.25, 0.3) is 0 Å². The Balaban J connectivity index is 0.000001000. The van der Waals surface area contributed by atoms with Crippen LogP contribution in [0.15, 0.2) is 6.07 Å². The minimum atomic E-state index is 0. The summed E-state index contributed by atoms with van der Waals surface area (Å²) in [5, 5.41) is 0. The van der Waals surface area contributed by atoms with Crippen molar-refractivity contribution in [3.8, 4) is 0 Å². The van der Waals surface area contributed by atoms with Crippen molar-refractivity contribution < 1.29 is 29.9 Å². The number of aryl methyl sites for hydroxylation is 1. The van der Waals surface area contributed by atoms with E-state index < -0.39 is 0 Å². The fourth-order valence-corrected chi connectivity index (χ4v) is 0.782. The van der Waals surface area contributed by atoms with Crippen LogP contribution >= 0.6 is 0 Å². The Labute approximate surface area is 88.6 Å². The van der Waals surface area contributed by atoms with Gasteiger partial charge in [-0.15, -0.1) is 11.6 Å². The number of nitrogen functional groups attached to an aromatic ring is 3. The molecule has 0 amide bonds. The Kier molecular flexibility index (Phi) is 3.73. The molecule has 59 valence electrons. The van der Waals surface area contributed by atoms with Gasteiger partial charge in [0.1, 0.15) is 0 Å². The smallest absolute Gasteiger partial charge is 0 e. The topological polar surface area (TPSA) is 78.1 Å². The summed E-state index contributed by atoms with van der Waals surface area (Å²) >= 11 is 0. The number of rotatable bonds is 0. The van der Waals surface area contributed by atoms with Gasteiger partial charge < -0.3 is 17.2 Å². The Bertz CT molecular complexity index is 237. The van der Waals surface area contributed by atoms with Gasteiger partial charge in [0.05, 0.1) is 0 Å². The van der Waals surface area contributed by atoms with E-state index in [4.69, 9.17) is 17.2 Å². The molecule has 4 heteroatoms. The van der Waals surface area contributed by atoms with Crippen LogP contribution in [-0.4, -0.2) is 0 Å². The molecule has 1 radical (unpaired) electrons. The van der Waals surface area contributed by atoms with Crippen molar-refractivity contribution in [2.45, 2.75) is 6.92 Å². The first-order valence-corrected chi connectivity index (χ1v) is 2.94. The molecule has 0 aliphatic heterocycles. The third-order valence-electron chi connectivity index (χ3n) is 1.36. The molecule has 3 nitrogen and oxygen atoms in total. The number of benzene rings is 1.